The van der Waals surface area contributed by atoms with Gasteiger partial charge in [0.05, 0.1) is 0 Å². The molecule has 0 atom stereocenters. The third kappa shape index (κ3) is 2.13. The molecule has 0 fully saturated rings. The van der Waals surface area contributed by atoms with E-state index in [0.29, 0.717) is 0 Å². The summed E-state index contributed by atoms with van der Waals surface area (Å²) in [7, 11) is 0. The second kappa shape index (κ2) is 5.47. The molecule has 0 aliphatic carbocycles. The lowest BCUT2D eigenvalue weighted by Crippen LogP contribution is -1.88. The van der Waals surface area contributed by atoms with E-state index < -0.39 is 0 Å². The maximum atomic E-state index is 9.70. The van der Waals surface area contributed by atoms with E-state index in [1.165, 1.54) is 37.9 Å². The molecule has 4 rings (SSSR count). The van der Waals surface area contributed by atoms with Crippen molar-refractivity contribution in [3.8, 4) is 16.5 Å². The van der Waals surface area contributed by atoms with Gasteiger partial charge in [-0.3, -0.25) is 0 Å². The largest absolute Gasteiger partial charge is 0.192 e. The second-order valence-electron chi connectivity index (χ2n) is 6.36. The maximum absolute atomic E-state index is 9.70. The summed E-state index contributed by atoms with van der Waals surface area (Å²) >= 11 is 1.61. The van der Waals surface area contributed by atoms with Gasteiger partial charge in [-0.15, -0.1) is 11.3 Å². The van der Waals surface area contributed by atoms with Crippen LogP contribution in [0.1, 0.15) is 21.6 Å². The predicted molar refractivity (Wildman–Crippen MR) is 104 cm³/mol. The average molecular weight is 327 g/mol. The van der Waals surface area contributed by atoms with E-state index in [1.807, 2.05) is 12.1 Å². The molecule has 24 heavy (non-hydrogen) atoms. The SMILES string of the molecule is Cc1cc(C)c(-c2sc(C#N)c3c2ccc2ccccc23)c(C)c1. The first-order chi connectivity index (χ1) is 11.6. The number of hydrogen-bond donors (Lipinski definition) is 0. The Kier molecular flexibility index (Phi) is 3.40. The molecule has 0 aliphatic heterocycles. The van der Waals surface area contributed by atoms with Gasteiger partial charge in [-0.05, 0) is 48.2 Å². The van der Waals surface area contributed by atoms with Crippen LogP contribution in [0.5, 0.6) is 0 Å². The molecule has 1 heterocycles. The lowest BCUT2D eigenvalue weighted by atomic mass is 9.95. The third-order valence-electron chi connectivity index (χ3n) is 4.61. The van der Waals surface area contributed by atoms with Gasteiger partial charge in [-0.25, -0.2) is 0 Å². The molecule has 0 unspecified atom stereocenters. The molecule has 1 nitrogen and oxygen atoms in total. The molecule has 1 aromatic heterocycles. The summed E-state index contributed by atoms with van der Waals surface area (Å²) in [5.41, 5.74) is 5.09. The molecule has 0 saturated carbocycles. The number of hydrogen-bond acceptors (Lipinski definition) is 2. The number of benzene rings is 3. The quantitative estimate of drug-likeness (QED) is 0.390. The molecule has 2 heteroatoms. The van der Waals surface area contributed by atoms with E-state index in [0.717, 1.165) is 15.6 Å². The van der Waals surface area contributed by atoms with Gasteiger partial charge in [0, 0.05) is 15.6 Å². The summed E-state index contributed by atoms with van der Waals surface area (Å²) in [5.74, 6) is 0. The fourth-order valence-electron chi connectivity index (χ4n) is 3.72. The highest BCUT2D eigenvalue weighted by Gasteiger charge is 2.18. The Bertz CT molecular complexity index is 1120. The van der Waals surface area contributed by atoms with Crippen molar-refractivity contribution in [2.24, 2.45) is 0 Å². The lowest BCUT2D eigenvalue weighted by molar-refractivity contribution is 1.33. The van der Waals surface area contributed by atoms with Crippen molar-refractivity contribution in [1.29, 1.82) is 5.26 Å². The Morgan fingerprint density at radius 3 is 2.29 bits per heavy atom. The van der Waals surface area contributed by atoms with Gasteiger partial charge in [0.25, 0.3) is 0 Å². The van der Waals surface area contributed by atoms with Crippen molar-refractivity contribution in [2.45, 2.75) is 20.8 Å². The van der Waals surface area contributed by atoms with Crippen LogP contribution in [0.2, 0.25) is 0 Å². The van der Waals surface area contributed by atoms with E-state index >= 15 is 0 Å². The smallest absolute Gasteiger partial charge is 0.113 e. The van der Waals surface area contributed by atoms with Gasteiger partial charge in [0.1, 0.15) is 10.9 Å². The minimum atomic E-state index is 0.802. The molecule has 0 bridgehead atoms. The van der Waals surface area contributed by atoms with Crippen LogP contribution in [0.3, 0.4) is 0 Å². The summed E-state index contributed by atoms with van der Waals surface area (Å²) in [6.07, 6.45) is 0. The molecule has 0 N–H and O–H groups in total. The Balaban J connectivity index is 2.16. The van der Waals surface area contributed by atoms with Crippen LogP contribution >= 0.6 is 11.3 Å². The van der Waals surface area contributed by atoms with E-state index in [2.05, 4.69) is 63.2 Å². The monoisotopic (exact) mass is 327 g/mol. The number of rotatable bonds is 1. The molecule has 4 aromatic rings. The second-order valence-corrected chi connectivity index (χ2v) is 7.38. The molecule has 0 radical (unpaired) electrons. The first-order valence-electron chi connectivity index (χ1n) is 8.02. The Hall–Kier alpha value is -2.63. The maximum Gasteiger partial charge on any atom is 0.113 e. The highest BCUT2D eigenvalue weighted by molar-refractivity contribution is 7.18. The topological polar surface area (TPSA) is 23.8 Å². The van der Waals surface area contributed by atoms with E-state index in [9.17, 15) is 5.26 Å². The first-order valence-corrected chi connectivity index (χ1v) is 8.84. The normalized spacial score (nSPS) is 11.1. The Labute approximate surface area is 145 Å². The Morgan fingerprint density at radius 1 is 0.875 bits per heavy atom. The molecular weight excluding hydrogens is 310 g/mol. The van der Waals surface area contributed by atoms with Crippen LogP contribution in [-0.4, -0.2) is 0 Å². The zero-order chi connectivity index (χ0) is 16.8. The Morgan fingerprint density at radius 2 is 1.58 bits per heavy atom. The van der Waals surface area contributed by atoms with Gasteiger partial charge in [-0.2, -0.15) is 5.26 Å². The number of aryl methyl sites for hydroxylation is 3. The van der Waals surface area contributed by atoms with Crippen molar-refractivity contribution < 1.29 is 0 Å². The van der Waals surface area contributed by atoms with Crippen LogP contribution < -0.4 is 0 Å². The summed E-state index contributed by atoms with van der Waals surface area (Å²) < 4.78 is 0. The number of fused-ring (bicyclic) bond motifs is 3. The van der Waals surface area contributed by atoms with Crippen molar-refractivity contribution in [3.05, 3.63) is 70.1 Å². The lowest BCUT2D eigenvalue weighted by Gasteiger charge is -2.10. The van der Waals surface area contributed by atoms with Crippen molar-refractivity contribution in [3.63, 3.8) is 0 Å². The fourth-order valence-corrected chi connectivity index (χ4v) is 4.99. The molecular formula is C22H17NS. The molecule has 0 spiro atoms. The predicted octanol–water partition coefficient (Wildman–Crippen LogP) is 6.52. The van der Waals surface area contributed by atoms with Crippen LogP contribution in [-0.2, 0) is 0 Å². The number of nitrogens with zero attached hydrogens (tertiary/aromatic N) is 1. The molecule has 3 aromatic carbocycles. The molecule has 0 amide bonds. The van der Waals surface area contributed by atoms with Crippen molar-refractivity contribution in [1.82, 2.24) is 0 Å². The van der Waals surface area contributed by atoms with Crippen LogP contribution in [0.25, 0.3) is 32.0 Å². The summed E-state index contributed by atoms with van der Waals surface area (Å²) in [6.45, 7) is 6.45. The summed E-state index contributed by atoms with van der Waals surface area (Å²) in [4.78, 5) is 2.01. The van der Waals surface area contributed by atoms with Gasteiger partial charge in [-0.1, -0.05) is 54.1 Å². The van der Waals surface area contributed by atoms with Gasteiger partial charge in [0.2, 0.25) is 0 Å². The van der Waals surface area contributed by atoms with Gasteiger partial charge < -0.3 is 0 Å². The van der Waals surface area contributed by atoms with Crippen LogP contribution in [0.15, 0.2) is 48.5 Å². The molecule has 0 saturated heterocycles. The zero-order valence-corrected chi connectivity index (χ0v) is 14.8. The fraction of sp³-hybridized carbons (Fsp3) is 0.136. The van der Waals surface area contributed by atoms with Gasteiger partial charge in [0.15, 0.2) is 0 Å². The van der Waals surface area contributed by atoms with Gasteiger partial charge >= 0.3 is 0 Å². The number of nitriles is 1. The van der Waals surface area contributed by atoms with Crippen molar-refractivity contribution in [2.75, 3.05) is 0 Å². The molecule has 0 aliphatic rings. The summed E-state index contributed by atoms with van der Waals surface area (Å²) in [5, 5.41) is 14.3. The third-order valence-corrected chi connectivity index (χ3v) is 5.74. The minimum absolute atomic E-state index is 0.802. The highest BCUT2D eigenvalue weighted by atomic mass is 32.1. The standard InChI is InChI=1S/C22H17NS/c1-13-10-14(2)20(15(3)11-13)22-18-9-8-16-6-4-5-7-17(16)21(18)19(12-23)24-22/h4-11H,1-3H3. The van der Waals surface area contributed by atoms with E-state index in [4.69, 9.17) is 0 Å². The van der Waals surface area contributed by atoms with Crippen molar-refractivity contribution >= 4 is 32.9 Å². The highest BCUT2D eigenvalue weighted by Crippen LogP contribution is 2.44. The zero-order valence-electron chi connectivity index (χ0n) is 14.0. The van der Waals surface area contributed by atoms with E-state index in [-0.39, 0.29) is 0 Å². The van der Waals surface area contributed by atoms with E-state index in [1.54, 1.807) is 11.3 Å². The minimum Gasteiger partial charge on any atom is -0.192 e. The number of thiophene rings is 1. The van der Waals surface area contributed by atoms with Crippen LogP contribution in [0.4, 0.5) is 0 Å². The first kappa shape index (κ1) is 14.9. The summed E-state index contributed by atoms with van der Waals surface area (Å²) in [6, 6.07) is 19.5. The average Bonchev–Trinajstić information content (AvgIpc) is 2.93. The molecule has 116 valence electrons. The van der Waals surface area contributed by atoms with Crippen LogP contribution in [0, 0.1) is 32.1 Å².